The van der Waals surface area contributed by atoms with Crippen molar-refractivity contribution in [2.75, 3.05) is 36.5 Å². The van der Waals surface area contributed by atoms with Gasteiger partial charge in [0, 0.05) is 30.2 Å². The quantitative estimate of drug-likeness (QED) is 0.382. The molecular weight excluding hydrogens is 398 g/mol. The normalized spacial score (nSPS) is 11.0. The van der Waals surface area contributed by atoms with E-state index >= 15 is 0 Å². The number of fused-ring (bicyclic) bond motifs is 1. The molecule has 3 heterocycles. The average molecular weight is 422 g/mol. The highest BCUT2D eigenvalue weighted by Crippen LogP contribution is 2.38. The third-order valence-corrected chi connectivity index (χ3v) is 5.56. The Hall–Kier alpha value is -3.07. The number of aromatic nitrogens is 3. The Balaban J connectivity index is 1.79. The molecule has 30 heavy (non-hydrogen) atoms. The van der Waals surface area contributed by atoms with Crippen LogP contribution in [-0.2, 0) is 6.54 Å². The number of hydrogen-bond acceptors (Lipinski definition) is 8. The molecule has 7 nitrogen and oxygen atoms in total. The number of rotatable bonds is 9. The second-order valence-electron chi connectivity index (χ2n) is 6.68. The van der Waals surface area contributed by atoms with Crippen LogP contribution in [0, 0.1) is 0 Å². The molecule has 0 aliphatic heterocycles. The molecule has 0 fully saturated rings. The van der Waals surface area contributed by atoms with Crippen molar-refractivity contribution in [3.63, 3.8) is 0 Å². The molecule has 0 saturated carbocycles. The van der Waals surface area contributed by atoms with Gasteiger partial charge in [0.25, 0.3) is 0 Å². The highest BCUT2D eigenvalue weighted by Gasteiger charge is 2.18. The molecule has 8 heteroatoms. The third kappa shape index (κ3) is 4.40. The molecule has 3 aromatic heterocycles. The zero-order valence-electron chi connectivity index (χ0n) is 16.4. The second-order valence-corrected chi connectivity index (χ2v) is 7.53. The fraction of sp³-hybridized carbons (Fsp3) is 0.227. The fourth-order valence-electron chi connectivity index (χ4n) is 3.26. The van der Waals surface area contributed by atoms with Crippen LogP contribution in [0.25, 0.3) is 21.3 Å². The Morgan fingerprint density at radius 1 is 0.933 bits per heavy atom. The van der Waals surface area contributed by atoms with E-state index in [1.165, 1.54) is 0 Å². The van der Waals surface area contributed by atoms with E-state index < -0.39 is 0 Å². The Bertz CT molecular complexity index is 1080. The van der Waals surface area contributed by atoms with Gasteiger partial charge in [0.05, 0.1) is 30.8 Å². The van der Waals surface area contributed by atoms with E-state index in [2.05, 4.69) is 27.8 Å². The minimum Gasteiger partial charge on any atom is -0.395 e. The SMILES string of the molecule is OCCN(CCO)c1nc(NCc2ccccn2)c2c(-c3ccccc3)csc2n1. The van der Waals surface area contributed by atoms with Crippen molar-refractivity contribution < 1.29 is 10.2 Å². The number of benzene rings is 1. The molecule has 0 saturated heterocycles. The van der Waals surface area contributed by atoms with Crippen molar-refractivity contribution in [1.82, 2.24) is 15.0 Å². The van der Waals surface area contributed by atoms with Gasteiger partial charge in [-0.05, 0) is 17.7 Å². The van der Waals surface area contributed by atoms with Crippen molar-refractivity contribution in [2.24, 2.45) is 0 Å². The highest BCUT2D eigenvalue weighted by molar-refractivity contribution is 7.17. The first-order valence-electron chi connectivity index (χ1n) is 9.75. The zero-order valence-corrected chi connectivity index (χ0v) is 17.2. The van der Waals surface area contributed by atoms with Gasteiger partial charge in [-0.25, -0.2) is 4.98 Å². The number of anilines is 2. The number of aliphatic hydroxyl groups is 2. The molecule has 0 spiro atoms. The second kappa shape index (κ2) is 9.62. The summed E-state index contributed by atoms with van der Waals surface area (Å²) in [5, 5.41) is 25.3. The number of nitrogens with one attached hydrogen (secondary N) is 1. The Morgan fingerprint density at radius 3 is 2.40 bits per heavy atom. The van der Waals surface area contributed by atoms with Crippen LogP contribution in [0.1, 0.15) is 5.69 Å². The van der Waals surface area contributed by atoms with Crippen LogP contribution in [0.4, 0.5) is 11.8 Å². The predicted molar refractivity (Wildman–Crippen MR) is 121 cm³/mol. The van der Waals surface area contributed by atoms with Gasteiger partial charge in [0.15, 0.2) is 0 Å². The van der Waals surface area contributed by atoms with Crippen molar-refractivity contribution in [1.29, 1.82) is 0 Å². The highest BCUT2D eigenvalue weighted by atomic mass is 32.1. The number of thiophene rings is 1. The standard InChI is InChI=1S/C22H23N5O2S/c28-12-10-27(11-13-29)22-25-20(24-14-17-8-4-5-9-23-17)19-18(15-30-21(19)26-22)16-6-2-1-3-7-16/h1-9,15,28-29H,10-14H2,(H,24,25,26). The zero-order chi connectivity index (χ0) is 20.8. The van der Waals surface area contributed by atoms with Crippen LogP contribution in [0.2, 0.25) is 0 Å². The molecule has 0 atom stereocenters. The number of pyridine rings is 1. The van der Waals surface area contributed by atoms with Gasteiger partial charge in [-0.1, -0.05) is 36.4 Å². The van der Waals surface area contributed by atoms with Crippen LogP contribution in [0.3, 0.4) is 0 Å². The Kier molecular flexibility index (Phi) is 6.48. The lowest BCUT2D eigenvalue weighted by Gasteiger charge is -2.21. The maximum atomic E-state index is 9.41. The maximum Gasteiger partial charge on any atom is 0.228 e. The van der Waals surface area contributed by atoms with E-state index in [4.69, 9.17) is 9.97 Å². The van der Waals surface area contributed by atoms with Gasteiger partial charge in [-0.3, -0.25) is 4.98 Å². The van der Waals surface area contributed by atoms with Crippen molar-refractivity contribution in [2.45, 2.75) is 6.54 Å². The molecule has 0 amide bonds. The molecule has 1 aromatic carbocycles. The minimum absolute atomic E-state index is 0.0438. The molecule has 3 N–H and O–H groups in total. The molecule has 154 valence electrons. The molecule has 4 rings (SSSR count). The summed E-state index contributed by atoms with van der Waals surface area (Å²) in [6.45, 7) is 1.14. The van der Waals surface area contributed by atoms with Gasteiger partial charge >= 0.3 is 0 Å². The summed E-state index contributed by atoms with van der Waals surface area (Å²) < 4.78 is 0. The lowest BCUT2D eigenvalue weighted by molar-refractivity contribution is 0.280. The molecular formula is C22H23N5O2S. The van der Waals surface area contributed by atoms with Crippen LogP contribution in [-0.4, -0.2) is 51.5 Å². The van der Waals surface area contributed by atoms with E-state index in [1.807, 2.05) is 36.4 Å². The van der Waals surface area contributed by atoms with E-state index in [0.29, 0.717) is 31.4 Å². The molecule has 0 aliphatic rings. The first-order chi connectivity index (χ1) is 14.8. The topological polar surface area (TPSA) is 94.4 Å². The lowest BCUT2D eigenvalue weighted by Crippen LogP contribution is -2.31. The van der Waals surface area contributed by atoms with E-state index in [-0.39, 0.29) is 13.2 Å². The third-order valence-electron chi connectivity index (χ3n) is 4.69. The Labute approximate surface area is 178 Å². The summed E-state index contributed by atoms with van der Waals surface area (Å²) in [6, 6.07) is 16.0. The van der Waals surface area contributed by atoms with Gasteiger partial charge in [-0.2, -0.15) is 4.98 Å². The number of aliphatic hydroxyl groups excluding tert-OH is 2. The minimum atomic E-state index is -0.0438. The number of nitrogens with zero attached hydrogens (tertiary/aromatic N) is 4. The maximum absolute atomic E-state index is 9.41. The molecule has 0 radical (unpaired) electrons. The monoisotopic (exact) mass is 421 g/mol. The van der Waals surface area contributed by atoms with Crippen LogP contribution < -0.4 is 10.2 Å². The van der Waals surface area contributed by atoms with Gasteiger partial charge in [-0.15, -0.1) is 11.3 Å². The van der Waals surface area contributed by atoms with Crippen molar-refractivity contribution >= 4 is 33.3 Å². The van der Waals surface area contributed by atoms with Crippen LogP contribution in [0.15, 0.2) is 60.1 Å². The number of hydrogen-bond donors (Lipinski definition) is 3. The lowest BCUT2D eigenvalue weighted by atomic mass is 10.1. The van der Waals surface area contributed by atoms with Crippen LogP contribution >= 0.6 is 11.3 Å². The molecule has 0 bridgehead atoms. The summed E-state index contributed by atoms with van der Waals surface area (Å²) in [4.78, 5) is 16.5. The smallest absolute Gasteiger partial charge is 0.228 e. The molecule has 0 unspecified atom stereocenters. The van der Waals surface area contributed by atoms with Crippen molar-refractivity contribution in [3.8, 4) is 11.1 Å². The largest absolute Gasteiger partial charge is 0.395 e. The van der Waals surface area contributed by atoms with E-state index in [1.54, 1.807) is 22.4 Å². The summed E-state index contributed by atoms with van der Waals surface area (Å²) >= 11 is 1.55. The summed E-state index contributed by atoms with van der Waals surface area (Å²) in [7, 11) is 0. The summed E-state index contributed by atoms with van der Waals surface area (Å²) in [5.41, 5.74) is 3.08. The van der Waals surface area contributed by atoms with Gasteiger partial charge in [0.1, 0.15) is 10.6 Å². The fourth-order valence-corrected chi connectivity index (χ4v) is 4.20. The Morgan fingerprint density at radius 2 is 1.70 bits per heavy atom. The predicted octanol–water partition coefficient (Wildman–Crippen LogP) is 3.16. The summed E-state index contributed by atoms with van der Waals surface area (Å²) in [6.07, 6.45) is 1.77. The van der Waals surface area contributed by atoms with Gasteiger partial charge < -0.3 is 20.4 Å². The van der Waals surface area contributed by atoms with Crippen molar-refractivity contribution in [3.05, 3.63) is 65.8 Å². The molecule has 4 aromatic rings. The summed E-state index contributed by atoms with van der Waals surface area (Å²) in [5.74, 6) is 1.19. The van der Waals surface area contributed by atoms with Gasteiger partial charge in [0.2, 0.25) is 5.95 Å². The first-order valence-corrected chi connectivity index (χ1v) is 10.6. The van der Waals surface area contributed by atoms with E-state index in [0.717, 1.165) is 27.0 Å². The van der Waals surface area contributed by atoms with Crippen LogP contribution in [0.5, 0.6) is 0 Å². The first kappa shape index (κ1) is 20.2. The van der Waals surface area contributed by atoms with E-state index in [9.17, 15) is 10.2 Å². The average Bonchev–Trinajstić information content (AvgIpc) is 3.23. The molecule has 0 aliphatic carbocycles.